The number of rotatable bonds is 6. The zero-order valence-corrected chi connectivity index (χ0v) is 15.2. The summed E-state index contributed by atoms with van der Waals surface area (Å²) in [5, 5.41) is 11.4. The van der Waals surface area contributed by atoms with Gasteiger partial charge in [0.05, 0.1) is 30.1 Å². The lowest BCUT2D eigenvalue weighted by Crippen LogP contribution is -2.22. The van der Waals surface area contributed by atoms with Gasteiger partial charge in [-0.15, -0.1) is 0 Å². The van der Waals surface area contributed by atoms with Crippen molar-refractivity contribution < 1.29 is 22.7 Å². The van der Waals surface area contributed by atoms with Gasteiger partial charge in [0.15, 0.2) is 17.4 Å². The number of aromatic nitrogens is 1. The van der Waals surface area contributed by atoms with Crippen LogP contribution in [0, 0.1) is 11.3 Å². The largest absolute Gasteiger partial charge is 0.480 e. The molecule has 29 heavy (non-hydrogen) atoms. The van der Waals surface area contributed by atoms with Gasteiger partial charge in [0.25, 0.3) is 5.91 Å². The summed E-state index contributed by atoms with van der Waals surface area (Å²) in [6.07, 6.45) is -3.03. The summed E-state index contributed by atoms with van der Waals surface area (Å²) >= 11 is 0. The van der Waals surface area contributed by atoms with E-state index in [1.807, 2.05) is 6.07 Å². The van der Waals surface area contributed by atoms with Gasteiger partial charge in [0.1, 0.15) is 0 Å². The first kappa shape index (κ1) is 21.4. The van der Waals surface area contributed by atoms with E-state index in [9.17, 15) is 18.0 Å². The fraction of sp³-hybridized carbons (Fsp3) is 0.158. The Hall–Kier alpha value is -3.87. The third-order valence-electron chi connectivity index (χ3n) is 3.38. The second-order valence-corrected chi connectivity index (χ2v) is 5.53. The number of anilines is 1. The van der Waals surface area contributed by atoms with Crippen LogP contribution in [0.1, 0.15) is 22.8 Å². The number of amides is 1. The van der Waals surface area contributed by atoms with Crippen LogP contribution in [0.25, 0.3) is 0 Å². The smallest absolute Gasteiger partial charge is 0.433 e. The maximum atomic E-state index is 13.1. The molecule has 1 aromatic heterocycles. The van der Waals surface area contributed by atoms with E-state index in [4.69, 9.17) is 15.7 Å². The van der Waals surface area contributed by atoms with Crippen LogP contribution in [0.5, 0.6) is 0 Å². The number of carbonyl (C=O) groups is 1. The Bertz CT molecular complexity index is 977. The molecule has 0 saturated carbocycles. The summed E-state index contributed by atoms with van der Waals surface area (Å²) in [7, 11) is 0. The van der Waals surface area contributed by atoms with Crippen LogP contribution in [0.4, 0.5) is 24.7 Å². The molecule has 1 aromatic carbocycles. The number of carbonyl (C=O) groups excluding carboxylic acids is 1. The number of allylic oxidation sites excluding steroid dienone is 1. The molecule has 0 aliphatic heterocycles. The molecule has 0 fully saturated rings. The van der Waals surface area contributed by atoms with Gasteiger partial charge in [-0.1, -0.05) is 6.07 Å². The summed E-state index contributed by atoms with van der Waals surface area (Å²) in [4.78, 5) is 19.4. The standard InChI is InChI=1S/C19H16F3N5O2/c1-2-29-16(24)9-15(19(20,21)22)27-17-7-6-14(11-25-17)26-18(28)13-5-3-4-12(8-13)10-23/h3-9,11H,2,24H2,1H3,(H,26,28). The minimum atomic E-state index is -4.76. The number of ether oxygens (including phenoxy) is 1. The molecule has 150 valence electrons. The van der Waals surface area contributed by atoms with Crippen LogP contribution in [0.2, 0.25) is 0 Å². The maximum absolute atomic E-state index is 13.1. The number of alkyl halides is 3. The minimum absolute atomic E-state index is 0.109. The summed E-state index contributed by atoms with van der Waals surface area (Å²) < 4.78 is 44.1. The maximum Gasteiger partial charge on any atom is 0.433 e. The van der Waals surface area contributed by atoms with Gasteiger partial charge >= 0.3 is 6.18 Å². The van der Waals surface area contributed by atoms with Crippen LogP contribution in [0.15, 0.2) is 59.5 Å². The molecule has 0 aliphatic rings. The molecule has 2 rings (SSSR count). The molecule has 0 spiro atoms. The second kappa shape index (κ2) is 9.36. The van der Waals surface area contributed by atoms with E-state index in [-0.39, 0.29) is 23.7 Å². The van der Waals surface area contributed by atoms with Crippen molar-refractivity contribution in [3.8, 4) is 6.07 Å². The first-order valence-electron chi connectivity index (χ1n) is 8.26. The molecular formula is C19H16F3N5O2. The first-order valence-corrected chi connectivity index (χ1v) is 8.26. The van der Waals surface area contributed by atoms with Crippen molar-refractivity contribution in [3.63, 3.8) is 0 Å². The van der Waals surface area contributed by atoms with Crippen LogP contribution >= 0.6 is 0 Å². The highest BCUT2D eigenvalue weighted by Crippen LogP contribution is 2.23. The Morgan fingerprint density at radius 2 is 2.14 bits per heavy atom. The fourth-order valence-electron chi connectivity index (χ4n) is 2.10. The summed E-state index contributed by atoms with van der Waals surface area (Å²) in [6, 6.07) is 10.5. The zero-order valence-electron chi connectivity index (χ0n) is 15.2. The lowest BCUT2D eigenvalue weighted by Gasteiger charge is -2.09. The number of nitrogens with two attached hydrogens (primary N) is 1. The third-order valence-corrected chi connectivity index (χ3v) is 3.38. The van der Waals surface area contributed by atoms with Gasteiger partial charge in [-0.2, -0.15) is 18.4 Å². The van der Waals surface area contributed by atoms with Crippen LogP contribution in [-0.4, -0.2) is 29.4 Å². The van der Waals surface area contributed by atoms with E-state index < -0.39 is 23.7 Å². The highest BCUT2D eigenvalue weighted by Gasteiger charge is 2.35. The number of aliphatic imine (C=N–C) groups is 1. The molecular weight excluding hydrogens is 387 g/mol. The number of nitriles is 1. The quantitative estimate of drug-likeness (QED) is 0.564. The summed E-state index contributed by atoms with van der Waals surface area (Å²) in [6.45, 7) is 1.69. The molecule has 3 N–H and O–H groups in total. The zero-order chi connectivity index (χ0) is 21.4. The van der Waals surface area contributed by atoms with Crippen LogP contribution in [0.3, 0.4) is 0 Å². The number of nitrogens with one attached hydrogen (secondary N) is 1. The van der Waals surface area contributed by atoms with Gasteiger partial charge in [0.2, 0.25) is 0 Å². The Kier molecular flexibility index (Phi) is 6.92. The fourth-order valence-corrected chi connectivity index (χ4v) is 2.10. The third kappa shape index (κ3) is 6.35. The van der Waals surface area contributed by atoms with Crippen molar-refractivity contribution in [2.24, 2.45) is 10.7 Å². The SMILES string of the molecule is CCOC(N)=CC(=Nc1ccc(NC(=O)c2cccc(C#N)c2)cn1)C(F)(F)F. The highest BCUT2D eigenvalue weighted by atomic mass is 19.4. The monoisotopic (exact) mass is 403 g/mol. The van der Waals surface area contributed by atoms with E-state index in [1.165, 1.54) is 24.3 Å². The molecule has 1 amide bonds. The minimum Gasteiger partial charge on any atom is -0.480 e. The Labute approximate surface area is 164 Å². The van der Waals surface area contributed by atoms with E-state index in [0.717, 1.165) is 6.20 Å². The van der Waals surface area contributed by atoms with E-state index in [2.05, 4.69) is 15.3 Å². The average Bonchev–Trinajstić information content (AvgIpc) is 2.68. The van der Waals surface area contributed by atoms with Gasteiger partial charge in [-0.05, 0) is 37.3 Å². The summed E-state index contributed by atoms with van der Waals surface area (Å²) in [5.41, 5.74) is 4.90. The van der Waals surface area contributed by atoms with Crippen LogP contribution in [-0.2, 0) is 4.74 Å². The lowest BCUT2D eigenvalue weighted by molar-refractivity contribution is -0.0578. The molecule has 2 aromatic rings. The number of pyridine rings is 1. The topological polar surface area (TPSA) is 113 Å². The number of nitrogens with zero attached hydrogens (tertiary/aromatic N) is 3. The second-order valence-electron chi connectivity index (χ2n) is 5.53. The molecule has 0 aliphatic carbocycles. The molecule has 0 atom stereocenters. The van der Waals surface area contributed by atoms with Crippen molar-refractivity contribution >= 4 is 23.1 Å². The van der Waals surface area contributed by atoms with E-state index in [1.54, 1.807) is 19.1 Å². The Morgan fingerprint density at radius 3 is 2.72 bits per heavy atom. The molecule has 7 nitrogen and oxygen atoms in total. The number of benzene rings is 1. The average molecular weight is 403 g/mol. The number of hydrogen-bond donors (Lipinski definition) is 2. The Morgan fingerprint density at radius 1 is 1.38 bits per heavy atom. The van der Waals surface area contributed by atoms with Crippen molar-refractivity contribution in [1.29, 1.82) is 5.26 Å². The highest BCUT2D eigenvalue weighted by molar-refractivity contribution is 6.04. The predicted molar refractivity (Wildman–Crippen MR) is 100 cm³/mol. The predicted octanol–water partition coefficient (Wildman–Crippen LogP) is 3.68. The molecule has 0 saturated heterocycles. The van der Waals surface area contributed by atoms with Gasteiger partial charge < -0.3 is 15.8 Å². The van der Waals surface area contributed by atoms with Crippen molar-refractivity contribution in [2.75, 3.05) is 11.9 Å². The normalized spacial score (nSPS) is 12.2. The molecule has 0 bridgehead atoms. The van der Waals surface area contributed by atoms with E-state index >= 15 is 0 Å². The van der Waals surface area contributed by atoms with Gasteiger partial charge in [0, 0.05) is 11.6 Å². The van der Waals surface area contributed by atoms with Crippen molar-refractivity contribution in [2.45, 2.75) is 13.1 Å². The number of hydrogen-bond acceptors (Lipinski definition) is 6. The summed E-state index contributed by atoms with van der Waals surface area (Å²) in [5.74, 6) is -1.15. The Balaban J connectivity index is 2.19. The van der Waals surface area contributed by atoms with Gasteiger partial charge in [-0.25, -0.2) is 9.98 Å². The first-order chi connectivity index (χ1) is 13.7. The van der Waals surface area contributed by atoms with Crippen LogP contribution < -0.4 is 11.1 Å². The molecule has 10 heteroatoms. The van der Waals surface area contributed by atoms with E-state index in [0.29, 0.717) is 11.6 Å². The van der Waals surface area contributed by atoms with Gasteiger partial charge in [-0.3, -0.25) is 4.79 Å². The van der Waals surface area contributed by atoms with Crippen molar-refractivity contribution in [3.05, 3.63) is 65.7 Å². The molecule has 1 heterocycles. The lowest BCUT2D eigenvalue weighted by atomic mass is 10.1. The van der Waals surface area contributed by atoms with Crippen molar-refractivity contribution in [1.82, 2.24) is 4.98 Å². The molecule has 0 radical (unpaired) electrons. The molecule has 0 unspecified atom stereocenters. The number of halogens is 3.